The molecule has 0 radical (unpaired) electrons. The zero-order chi connectivity index (χ0) is 11.5. The van der Waals surface area contributed by atoms with E-state index in [1.165, 1.54) is 48.5 Å². The Morgan fingerprint density at radius 1 is 0.625 bits per heavy atom. The van der Waals surface area contributed by atoms with Crippen molar-refractivity contribution in [1.29, 1.82) is 0 Å². The van der Waals surface area contributed by atoms with Crippen LogP contribution in [0.15, 0.2) is 48.5 Å². The van der Waals surface area contributed by atoms with E-state index in [1.807, 2.05) is 0 Å². The highest BCUT2D eigenvalue weighted by molar-refractivity contribution is 5.41. The Kier molecular flexibility index (Phi) is 2.86. The Bertz CT molecular complexity index is 414. The maximum absolute atomic E-state index is 13.8. The average molecular weight is 221 g/mol. The molecule has 0 aromatic heterocycles. The van der Waals surface area contributed by atoms with Crippen LogP contribution >= 0.6 is 0 Å². The fourth-order valence-corrected chi connectivity index (χ4v) is 1.36. The summed E-state index contributed by atoms with van der Waals surface area (Å²) in [4.78, 5) is 0. The monoisotopic (exact) mass is 221 g/mol. The molecule has 0 fully saturated rings. The lowest BCUT2D eigenvalue weighted by atomic mass is 10.0. The third-order valence-electron chi connectivity index (χ3n) is 2.20. The van der Waals surface area contributed by atoms with Crippen LogP contribution in [-0.4, -0.2) is 0 Å². The Balaban J connectivity index is 2.28. The quantitative estimate of drug-likeness (QED) is 0.675. The molecule has 0 aliphatic heterocycles. The standard InChI is InChI=1S/C13H8F3/c14-11-5-1-9(2-6-11)13(16)10-3-7-12(15)8-4-10/h1-8H/q+1. The van der Waals surface area contributed by atoms with Crippen molar-refractivity contribution in [2.75, 3.05) is 0 Å². The van der Waals surface area contributed by atoms with Gasteiger partial charge in [0, 0.05) is 48.5 Å². The second kappa shape index (κ2) is 4.31. The molecule has 0 unspecified atom stereocenters. The Morgan fingerprint density at radius 2 is 0.938 bits per heavy atom. The molecule has 0 spiro atoms. The summed E-state index contributed by atoms with van der Waals surface area (Å²) in [5, 5.41) is 0. The van der Waals surface area contributed by atoms with Crippen molar-refractivity contribution in [3.63, 3.8) is 0 Å². The van der Waals surface area contributed by atoms with E-state index in [2.05, 4.69) is 0 Å². The molecule has 2 aromatic rings. The van der Waals surface area contributed by atoms with Crippen molar-refractivity contribution in [3.8, 4) is 0 Å². The summed E-state index contributed by atoms with van der Waals surface area (Å²) >= 11 is 0. The van der Waals surface area contributed by atoms with Gasteiger partial charge in [-0.05, 0) is 0 Å². The zero-order valence-electron chi connectivity index (χ0n) is 8.25. The van der Waals surface area contributed by atoms with Crippen molar-refractivity contribution in [2.24, 2.45) is 0 Å². The summed E-state index contributed by atoms with van der Waals surface area (Å²) in [6.45, 7) is 0. The van der Waals surface area contributed by atoms with Gasteiger partial charge in [-0.3, -0.25) is 0 Å². The molecule has 2 rings (SSSR count). The molecule has 0 atom stereocenters. The third kappa shape index (κ3) is 2.19. The number of rotatable bonds is 2. The van der Waals surface area contributed by atoms with E-state index in [1.54, 1.807) is 0 Å². The molecule has 16 heavy (non-hydrogen) atoms. The van der Waals surface area contributed by atoms with Gasteiger partial charge >= 0.3 is 0 Å². The largest absolute Gasteiger partial charge is 0.219 e. The lowest BCUT2D eigenvalue weighted by Crippen LogP contribution is -1.95. The van der Waals surface area contributed by atoms with Crippen LogP contribution in [0.3, 0.4) is 0 Å². The lowest BCUT2D eigenvalue weighted by molar-refractivity contribution is 0.563. The molecule has 2 aromatic carbocycles. The van der Waals surface area contributed by atoms with Crippen LogP contribution in [0.1, 0.15) is 11.1 Å². The minimum Gasteiger partial charge on any atom is -0.205 e. The molecule has 0 saturated carbocycles. The average Bonchev–Trinajstić information content (AvgIpc) is 2.30. The van der Waals surface area contributed by atoms with E-state index in [0.29, 0.717) is 0 Å². The summed E-state index contributed by atoms with van der Waals surface area (Å²) in [5.41, 5.74) is 0.543. The molecular formula is C13H8F3+. The first-order valence-corrected chi connectivity index (χ1v) is 4.71. The molecular weight excluding hydrogens is 213 g/mol. The summed E-state index contributed by atoms with van der Waals surface area (Å²) in [7, 11) is 0. The molecule has 0 nitrogen and oxygen atoms in total. The highest BCUT2D eigenvalue weighted by atomic mass is 19.1. The van der Waals surface area contributed by atoms with Crippen molar-refractivity contribution in [2.45, 2.75) is 0 Å². The summed E-state index contributed by atoms with van der Waals surface area (Å²) in [5.74, 6) is -0.841. The lowest BCUT2D eigenvalue weighted by Gasteiger charge is -2.00. The third-order valence-corrected chi connectivity index (χ3v) is 2.20. The van der Waals surface area contributed by atoms with E-state index in [-0.39, 0.29) is 11.1 Å². The smallest absolute Gasteiger partial charge is 0.205 e. The predicted octanol–water partition coefficient (Wildman–Crippen LogP) is 3.86. The molecule has 3 heteroatoms. The minimum atomic E-state index is -0.500. The summed E-state index contributed by atoms with van der Waals surface area (Å²) < 4.78 is 39.1. The highest BCUT2D eigenvalue weighted by Crippen LogP contribution is 2.25. The van der Waals surface area contributed by atoms with Crippen molar-refractivity contribution in [3.05, 3.63) is 77.5 Å². The van der Waals surface area contributed by atoms with Crippen LogP contribution in [0.2, 0.25) is 0 Å². The van der Waals surface area contributed by atoms with Gasteiger partial charge in [-0.1, -0.05) is 0 Å². The highest BCUT2D eigenvalue weighted by Gasteiger charge is 2.20. The first kappa shape index (κ1) is 10.6. The molecule has 80 valence electrons. The fraction of sp³-hybridized carbons (Fsp3) is 0. The van der Waals surface area contributed by atoms with Gasteiger partial charge in [0.25, 0.3) is 0 Å². The topological polar surface area (TPSA) is 0 Å². The molecule has 0 saturated heterocycles. The van der Waals surface area contributed by atoms with Gasteiger partial charge < -0.3 is 0 Å². The number of hydrogen-bond donors (Lipinski definition) is 0. The van der Waals surface area contributed by atoms with Gasteiger partial charge in [0.1, 0.15) is 22.8 Å². The minimum absolute atomic E-state index is 0.271. The molecule has 0 amide bonds. The Labute approximate surface area is 91.4 Å². The van der Waals surface area contributed by atoms with Crippen molar-refractivity contribution in [1.82, 2.24) is 0 Å². The number of hydrogen-bond acceptors (Lipinski definition) is 0. The van der Waals surface area contributed by atoms with E-state index in [9.17, 15) is 13.2 Å². The maximum Gasteiger partial charge on any atom is 0.219 e. The SMILES string of the molecule is Fc1ccc([C+](F)c2ccc(F)cc2)cc1. The van der Waals surface area contributed by atoms with Crippen molar-refractivity contribution >= 4 is 0 Å². The van der Waals surface area contributed by atoms with Gasteiger partial charge in [-0.2, -0.15) is 4.39 Å². The second-order valence-corrected chi connectivity index (χ2v) is 3.33. The van der Waals surface area contributed by atoms with Crippen LogP contribution in [0.4, 0.5) is 13.2 Å². The second-order valence-electron chi connectivity index (χ2n) is 3.33. The van der Waals surface area contributed by atoms with Gasteiger partial charge in [-0.25, -0.2) is 8.78 Å². The van der Waals surface area contributed by atoms with E-state index >= 15 is 0 Å². The van der Waals surface area contributed by atoms with Gasteiger partial charge in [0.05, 0.1) is 0 Å². The Hall–Kier alpha value is -1.90. The van der Waals surface area contributed by atoms with Gasteiger partial charge in [-0.15, -0.1) is 0 Å². The number of halogens is 3. The van der Waals surface area contributed by atoms with Crippen LogP contribution < -0.4 is 0 Å². The first-order valence-electron chi connectivity index (χ1n) is 4.71. The number of benzene rings is 2. The molecule has 0 N–H and O–H groups in total. The Morgan fingerprint density at radius 3 is 1.25 bits per heavy atom. The van der Waals surface area contributed by atoms with E-state index in [0.717, 1.165) is 0 Å². The van der Waals surface area contributed by atoms with Crippen LogP contribution in [0.5, 0.6) is 0 Å². The predicted molar refractivity (Wildman–Crippen MR) is 55.4 cm³/mol. The van der Waals surface area contributed by atoms with Crippen LogP contribution in [0, 0.1) is 17.8 Å². The maximum atomic E-state index is 13.8. The zero-order valence-corrected chi connectivity index (χ0v) is 8.25. The van der Waals surface area contributed by atoms with Crippen LogP contribution in [0.25, 0.3) is 0 Å². The molecule has 0 aliphatic rings. The molecule has 0 aliphatic carbocycles. The van der Waals surface area contributed by atoms with Gasteiger partial charge in [0.2, 0.25) is 6.17 Å². The normalized spacial score (nSPS) is 10.2. The first-order chi connectivity index (χ1) is 7.66. The van der Waals surface area contributed by atoms with Crippen molar-refractivity contribution < 1.29 is 13.2 Å². The van der Waals surface area contributed by atoms with Gasteiger partial charge in [0.15, 0.2) is 0 Å². The summed E-state index contributed by atoms with van der Waals surface area (Å²) in [6.07, 6.45) is -0.500. The van der Waals surface area contributed by atoms with E-state index < -0.39 is 17.8 Å². The fourth-order valence-electron chi connectivity index (χ4n) is 1.36. The summed E-state index contributed by atoms with van der Waals surface area (Å²) in [6, 6.07) is 10.1. The van der Waals surface area contributed by atoms with E-state index in [4.69, 9.17) is 0 Å². The molecule has 0 heterocycles. The van der Waals surface area contributed by atoms with Crippen LogP contribution in [-0.2, 0) is 0 Å². The molecule has 0 bridgehead atoms.